The smallest absolute Gasteiger partial charge is 0.221 e. The van der Waals surface area contributed by atoms with Crippen LogP contribution in [-0.2, 0) is 4.79 Å². The standard InChI is InChI=1S/C8H16N2O/c1-10(2)6-5-8(11)9-7-3-4-7/h7H,3-6H2,1-2H3,(H,9,11). The van der Waals surface area contributed by atoms with Crippen LogP contribution in [-0.4, -0.2) is 37.5 Å². The summed E-state index contributed by atoms with van der Waals surface area (Å²) < 4.78 is 0. The van der Waals surface area contributed by atoms with Gasteiger partial charge in [0, 0.05) is 19.0 Å². The van der Waals surface area contributed by atoms with E-state index in [9.17, 15) is 4.79 Å². The molecule has 0 radical (unpaired) electrons. The van der Waals surface area contributed by atoms with Gasteiger partial charge < -0.3 is 10.2 Å². The summed E-state index contributed by atoms with van der Waals surface area (Å²) in [5.41, 5.74) is 0. The molecule has 0 bridgehead atoms. The monoisotopic (exact) mass is 156 g/mol. The van der Waals surface area contributed by atoms with Gasteiger partial charge in [0.15, 0.2) is 0 Å². The maximum atomic E-state index is 11.1. The van der Waals surface area contributed by atoms with E-state index in [0.29, 0.717) is 12.5 Å². The van der Waals surface area contributed by atoms with Crippen LogP contribution in [0.4, 0.5) is 0 Å². The van der Waals surface area contributed by atoms with Crippen LogP contribution < -0.4 is 5.32 Å². The summed E-state index contributed by atoms with van der Waals surface area (Å²) in [7, 11) is 3.95. The molecule has 1 saturated carbocycles. The summed E-state index contributed by atoms with van der Waals surface area (Å²) in [5.74, 6) is 0.196. The summed E-state index contributed by atoms with van der Waals surface area (Å²) >= 11 is 0. The Morgan fingerprint density at radius 2 is 2.18 bits per heavy atom. The second-order valence-electron chi connectivity index (χ2n) is 3.40. The average molecular weight is 156 g/mol. The highest BCUT2D eigenvalue weighted by Crippen LogP contribution is 2.18. The van der Waals surface area contributed by atoms with E-state index >= 15 is 0 Å². The van der Waals surface area contributed by atoms with E-state index in [1.165, 1.54) is 12.8 Å². The quantitative estimate of drug-likeness (QED) is 0.631. The minimum atomic E-state index is 0.196. The molecule has 1 amide bonds. The number of amides is 1. The van der Waals surface area contributed by atoms with E-state index in [2.05, 4.69) is 5.32 Å². The molecule has 1 fully saturated rings. The van der Waals surface area contributed by atoms with Crippen molar-refractivity contribution in [1.82, 2.24) is 10.2 Å². The Balaban J connectivity index is 2.00. The molecular weight excluding hydrogens is 140 g/mol. The van der Waals surface area contributed by atoms with Crippen LogP contribution in [0.3, 0.4) is 0 Å². The van der Waals surface area contributed by atoms with Gasteiger partial charge in [-0.2, -0.15) is 0 Å². The third kappa shape index (κ3) is 3.98. The van der Waals surface area contributed by atoms with Gasteiger partial charge in [-0.3, -0.25) is 4.79 Å². The number of rotatable bonds is 4. The molecule has 0 saturated heterocycles. The van der Waals surface area contributed by atoms with Crippen molar-refractivity contribution in [3.63, 3.8) is 0 Å². The molecule has 0 atom stereocenters. The molecule has 3 heteroatoms. The van der Waals surface area contributed by atoms with Crippen molar-refractivity contribution in [2.75, 3.05) is 20.6 Å². The first-order chi connectivity index (χ1) is 5.18. The summed E-state index contributed by atoms with van der Waals surface area (Å²) in [4.78, 5) is 13.1. The number of hydrogen-bond donors (Lipinski definition) is 1. The highest BCUT2D eigenvalue weighted by Gasteiger charge is 2.22. The van der Waals surface area contributed by atoms with Crippen molar-refractivity contribution in [2.45, 2.75) is 25.3 Å². The lowest BCUT2D eigenvalue weighted by atomic mass is 10.4. The number of carbonyl (C=O) groups is 1. The normalized spacial score (nSPS) is 17.0. The molecule has 0 aromatic carbocycles. The minimum absolute atomic E-state index is 0.196. The highest BCUT2D eigenvalue weighted by molar-refractivity contribution is 5.76. The first kappa shape index (κ1) is 8.53. The molecule has 0 spiro atoms. The molecular formula is C8H16N2O. The van der Waals surface area contributed by atoms with Gasteiger partial charge in [-0.05, 0) is 26.9 Å². The molecule has 0 heterocycles. The summed E-state index contributed by atoms with van der Waals surface area (Å²) in [5, 5.41) is 2.94. The lowest BCUT2D eigenvalue weighted by molar-refractivity contribution is -0.121. The van der Waals surface area contributed by atoms with Crippen LogP contribution in [0.5, 0.6) is 0 Å². The molecule has 1 aliphatic carbocycles. The minimum Gasteiger partial charge on any atom is -0.353 e. The van der Waals surface area contributed by atoms with Gasteiger partial charge in [0.1, 0.15) is 0 Å². The number of nitrogens with zero attached hydrogens (tertiary/aromatic N) is 1. The molecule has 0 aromatic rings. The van der Waals surface area contributed by atoms with Crippen molar-refractivity contribution in [2.24, 2.45) is 0 Å². The fraction of sp³-hybridized carbons (Fsp3) is 0.875. The molecule has 3 nitrogen and oxygen atoms in total. The Hall–Kier alpha value is -0.570. The summed E-state index contributed by atoms with van der Waals surface area (Å²) in [6.45, 7) is 0.846. The fourth-order valence-corrected chi connectivity index (χ4v) is 0.853. The lowest BCUT2D eigenvalue weighted by Crippen LogP contribution is -2.28. The van der Waals surface area contributed by atoms with Crippen molar-refractivity contribution in [1.29, 1.82) is 0 Å². The fourth-order valence-electron chi connectivity index (χ4n) is 0.853. The Kier molecular flexibility index (Phi) is 2.88. The zero-order chi connectivity index (χ0) is 8.27. The average Bonchev–Trinajstić information content (AvgIpc) is 2.67. The molecule has 1 rings (SSSR count). The van der Waals surface area contributed by atoms with Crippen molar-refractivity contribution >= 4 is 5.91 Å². The van der Waals surface area contributed by atoms with Gasteiger partial charge in [0.25, 0.3) is 0 Å². The molecule has 0 aliphatic heterocycles. The molecule has 0 unspecified atom stereocenters. The van der Waals surface area contributed by atoms with Gasteiger partial charge >= 0.3 is 0 Å². The third-order valence-corrected chi connectivity index (χ3v) is 1.73. The van der Waals surface area contributed by atoms with E-state index in [-0.39, 0.29) is 5.91 Å². The lowest BCUT2D eigenvalue weighted by Gasteiger charge is -2.08. The maximum absolute atomic E-state index is 11.1. The van der Waals surface area contributed by atoms with Crippen molar-refractivity contribution < 1.29 is 4.79 Å². The number of carbonyl (C=O) groups excluding carboxylic acids is 1. The van der Waals surface area contributed by atoms with Crippen LogP contribution in [0, 0.1) is 0 Å². The van der Waals surface area contributed by atoms with Crippen molar-refractivity contribution in [3.8, 4) is 0 Å². The topological polar surface area (TPSA) is 32.3 Å². The van der Waals surface area contributed by atoms with Gasteiger partial charge in [-0.1, -0.05) is 0 Å². The number of nitrogens with one attached hydrogen (secondary N) is 1. The maximum Gasteiger partial charge on any atom is 0.221 e. The molecule has 11 heavy (non-hydrogen) atoms. The van der Waals surface area contributed by atoms with Crippen LogP contribution in [0.25, 0.3) is 0 Å². The first-order valence-electron chi connectivity index (χ1n) is 4.12. The Morgan fingerprint density at radius 3 is 2.64 bits per heavy atom. The van der Waals surface area contributed by atoms with Gasteiger partial charge in [-0.15, -0.1) is 0 Å². The van der Waals surface area contributed by atoms with E-state index in [0.717, 1.165) is 6.54 Å². The molecule has 64 valence electrons. The van der Waals surface area contributed by atoms with Gasteiger partial charge in [0.2, 0.25) is 5.91 Å². The van der Waals surface area contributed by atoms with E-state index in [1.807, 2.05) is 19.0 Å². The predicted molar refractivity (Wildman–Crippen MR) is 44.3 cm³/mol. The Morgan fingerprint density at radius 1 is 1.55 bits per heavy atom. The van der Waals surface area contributed by atoms with Crippen LogP contribution in [0.1, 0.15) is 19.3 Å². The highest BCUT2D eigenvalue weighted by atomic mass is 16.1. The largest absolute Gasteiger partial charge is 0.353 e. The zero-order valence-electron chi connectivity index (χ0n) is 7.26. The van der Waals surface area contributed by atoms with E-state index in [1.54, 1.807) is 0 Å². The Labute approximate surface area is 67.8 Å². The zero-order valence-corrected chi connectivity index (χ0v) is 7.26. The van der Waals surface area contributed by atoms with Crippen LogP contribution >= 0.6 is 0 Å². The van der Waals surface area contributed by atoms with Crippen LogP contribution in [0.2, 0.25) is 0 Å². The third-order valence-electron chi connectivity index (χ3n) is 1.73. The number of hydrogen-bond acceptors (Lipinski definition) is 2. The summed E-state index contributed by atoms with van der Waals surface area (Å²) in [6.07, 6.45) is 2.98. The Bertz CT molecular complexity index is 141. The molecule has 1 N–H and O–H groups in total. The van der Waals surface area contributed by atoms with E-state index in [4.69, 9.17) is 0 Å². The SMILES string of the molecule is CN(C)CCC(=O)NC1CC1. The van der Waals surface area contributed by atoms with Gasteiger partial charge in [0.05, 0.1) is 0 Å². The van der Waals surface area contributed by atoms with Crippen molar-refractivity contribution in [3.05, 3.63) is 0 Å². The second-order valence-corrected chi connectivity index (χ2v) is 3.40. The first-order valence-corrected chi connectivity index (χ1v) is 4.12. The van der Waals surface area contributed by atoms with E-state index < -0.39 is 0 Å². The van der Waals surface area contributed by atoms with Crippen LogP contribution in [0.15, 0.2) is 0 Å². The summed E-state index contributed by atoms with van der Waals surface area (Å²) in [6, 6.07) is 0.504. The van der Waals surface area contributed by atoms with Gasteiger partial charge in [-0.25, -0.2) is 0 Å². The molecule has 0 aromatic heterocycles. The molecule has 1 aliphatic rings. The second kappa shape index (κ2) is 3.72. The predicted octanol–water partition coefficient (Wildman–Crippen LogP) is 0.217.